The van der Waals surface area contributed by atoms with Gasteiger partial charge < -0.3 is 5.32 Å². The molecular weight excluding hydrogens is 356 g/mol. The number of amides is 2. The van der Waals surface area contributed by atoms with E-state index in [2.05, 4.69) is 31.4 Å². The second-order valence-electron chi connectivity index (χ2n) is 8.83. The normalized spacial score (nSPS) is 23.3. The molecule has 0 saturated carbocycles. The van der Waals surface area contributed by atoms with Crippen molar-refractivity contribution >= 4 is 23.4 Å². The van der Waals surface area contributed by atoms with Crippen molar-refractivity contribution in [2.75, 3.05) is 0 Å². The fourth-order valence-electron chi connectivity index (χ4n) is 4.73. The van der Waals surface area contributed by atoms with Crippen molar-refractivity contribution in [3.63, 3.8) is 0 Å². The maximum atomic E-state index is 12.8. The third kappa shape index (κ3) is 4.22. The Morgan fingerprint density at radius 1 is 1.11 bits per heavy atom. The van der Waals surface area contributed by atoms with Crippen molar-refractivity contribution in [3.8, 4) is 0 Å². The summed E-state index contributed by atoms with van der Waals surface area (Å²) < 4.78 is 0. The van der Waals surface area contributed by atoms with Crippen LogP contribution >= 0.6 is 0 Å². The highest BCUT2D eigenvalue weighted by molar-refractivity contribution is 6.23. The van der Waals surface area contributed by atoms with Crippen LogP contribution in [0.2, 0.25) is 0 Å². The van der Waals surface area contributed by atoms with Crippen LogP contribution in [0.1, 0.15) is 101 Å². The Morgan fingerprint density at radius 2 is 1.71 bits per heavy atom. The van der Waals surface area contributed by atoms with E-state index in [0.29, 0.717) is 18.4 Å². The molecule has 2 aliphatic rings. The average Bonchev–Trinajstić information content (AvgIpc) is 2.85. The second-order valence-corrected chi connectivity index (χ2v) is 8.83. The van der Waals surface area contributed by atoms with Crippen LogP contribution in [0.3, 0.4) is 0 Å². The van der Waals surface area contributed by atoms with Crippen LogP contribution in [0.25, 0.3) is 0 Å². The van der Waals surface area contributed by atoms with Crippen LogP contribution in [0.15, 0.2) is 12.1 Å². The Bertz CT molecular complexity index is 856. The summed E-state index contributed by atoms with van der Waals surface area (Å²) in [6.45, 7) is 7.97. The van der Waals surface area contributed by atoms with Gasteiger partial charge in [0.15, 0.2) is 11.6 Å². The van der Waals surface area contributed by atoms with Crippen molar-refractivity contribution in [1.29, 1.82) is 0 Å². The predicted molar refractivity (Wildman–Crippen MR) is 106 cm³/mol. The van der Waals surface area contributed by atoms with Gasteiger partial charge in [0.05, 0.1) is 11.1 Å². The number of carbonyl (C=O) groups excluding carboxylic acids is 4. The van der Waals surface area contributed by atoms with Gasteiger partial charge in [0, 0.05) is 29.1 Å². The van der Waals surface area contributed by atoms with Gasteiger partial charge >= 0.3 is 0 Å². The number of rotatable bonds is 6. The third-order valence-corrected chi connectivity index (χ3v) is 5.69. The van der Waals surface area contributed by atoms with E-state index in [1.807, 2.05) is 0 Å². The lowest BCUT2D eigenvalue weighted by Gasteiger charge is -2.40. The summed E-state index contributed by atoms with van der Waals surface area (Å²) in [5, 5.41) is 5.80. The number of hydrogen-bond acceptors (Lipinski definition) is 5. The molecule has 6 nitrogen and oxygen atoms in total. The molecule has 0 aromatic heterocycles. The summed E-state index contributed by atoms with van der Waals surface area (Å²) in [7, 11) is 0. The van der Waals surface area contributed by atoms with E-state index < -0.39 is 11.8 Å². The molecule has 2 unspecified atom stereocenters. The van der Waals surface area contributed by atoms with E-state index in [9.17, 15) is 19.2 Å². The van der Waals surface area contributed by atoms with Gasteiger partial charge in [-0.2, -0.15) is 0 Å². The molecule has 0 radical (unpaired) electrons. The predicted octanol–water partition coefficient (Wildman–Crippen LogP) is 3.29. The number of piperidine rings is 1. The van der Waals surface area contributed by atoms with Crippen molar-refractivity contribution in [2.45, 2.75) is 71.4 Å². The monoisotopic (exact) mass is 384 g/mol. The zero-order chi connectivity index (χ0) is 20.6. The second kappa shape index (κ2) is 7.59. The quantitative estimate of drug-likeness (QED) is 0.580. The molecule has 0 bridgehead atoms. The van der Waals surface area contributed by atoms with Gasteiger partial charge in [0.1, 0.15) is 0 Å². The van der Waals surface area contributed by atoms with Crippen LogP contribution in [-0.2, 0) is 0 Å². The number of nitrogens with one attached hydrogen (secondary N) is 2. The van der Waals surface area contributed by atoms with Crippen molar-refractivity contribution in [2.24, 2.45) is 5.92 Å². The Balaban J connectivity index is 1.71. The first kappa shape index (κ1) is 20.4. The average molecular weight is 384 g/mol. The van der Waals surface area contributed by atoms with Gasteiger partial charge in [-0.1, -0.05) is 0 Å². The molecule has 2 heterocycles. The van der Waals surface area contributed by atoms with Crippen LogP contribution < -0.4 is 10.6 Å². The molecule has 1 aromatic carbocycles. The summed E-state index contributed by atoms with van der Waals surface area (Å²) in [4.78, 5) is 48.6. The highest BCUT2D eigenvalue weighted by Gasteiger charge is 2.32. The highest BCUT2D eigenvalue weighted by atomic mass is 16.2. The van der Waals surface area contributed by atoms with E-state index in [4.69, 9.17) is 0 Å². The molecule has 28 heavy (non-hydrogen) atoms. The first-order chi connectivity index (χ1) is 13.1. The third-order valence-electron chi connectivity index (χ3n) is 5.69. The molecule has 1 fully saturated rings. The minimum atomic E-state index is -0.524. The van der Waals surface area contributed by atoms with Crippen molar-refractivity contribution in [1.82, 2.24) is 10.6 Å². The molecule has 150 valence electrons. The topological polar surface area (TPSA) is 92.3 Å². The molecule has 2 N–H and O–H groups in total. The number of carbonyl (C=O) groups is 4. The summed E-state index contributed by atoms with van der Waals surface area (Å²) in [6, 6.07) is 3.24. The molecule has 2 amide bonds. The first-order valence-electron chi connectivity index (χ1n) is 9.93. The van der Waals surface area contributed by atoms with E-state index >= 15 is 0 Å². The summed E-state index contributed by atoms with van der Waals surface area (Å²) in [5.41, 5.74) is 0.902. The Kier molecular flexibility index (Phi) is 5.53. The number of imide groups is 1. The molecule has 6 heteroatoms. The Morgan fingerprint density at radius 3 is 2.29 bits per heavy atom. The molecule has 2 aliphatic heterocycles. The summed E-state index contributed by atoms with van der Waals surface area (Å²) in [5.74, 6) is -0.914. The smallest absolute Gasteiger partial charge is 0.258 e. The van der Waals surface area contributed by atoms with Crippen LogP contribution in [0.5, 0.6) is 0 Å². The van der Waals surface area contributed by atoms with Gasteiger partial charge in [-0.05, 0) is 71.4 Å². The fourth-order valence-corrected chi connectivity index (χ4v) is 4.73. The molecule has 1 aromatic rings. The number of ketones is 2. The molecular formula is C22H28N2O4. The van der Waals surface area contributed by atoms with Gasteiger partial charge in [0.2, 0.25) is 0 Å². The zero-order valence-electron chi connectivity index (χ0n) is 17.0. The number of hydrogen-bond donors (Lipinski definition) is 2. The van der Waals surface area contributed by atoms with Gasteiger partial charge in [-0.25, -0.2) is 0 Å². The zero-order valence-corrected chi connectivity index (χ0v) is 17.0. The van der Waals surface area contributed by atoms with Gasteiger partial charge in [0.25, 0.3) is 11.8 Å². The number of Topliss-reactive ketones (excluding diaryl/α,β-unsaturated/α-hetero) is 2. The minimum absolute atomic E-state index is 0.105. The van der Waals surface area contributed by atoms with Gasteiger partial charge in [-0.15, -0.1) is 0 Å². The first-order valence-corrected chi connectivity index (χ1v) is 9.93. The standard InChI is InChI=1S/C22H28N2O4/c1-12-8-14(11-22(3,4)24-12)6-5-7-19(26)16-10-18-17(9-15(16)13(2)25)20(27)23-21(18)28/h9-10,12,14,24H,5-8,11H2,1-4H3,(H,23,27,28). The van der Waals surface area contributed by atoms with E-state index in [1.54, 1.807) is 0 Å². The molecule has 2 atom stereocenters. The lowest BCUT2D eigenvalue weighted by molar-refractivity contribution is 0.0878. The maximum Gasteiger partial charge on any atom is 0.258 e. The van der Waals surface area contributed by atoms with E-state index in [1.165, 1.54) is 19.1 Å². The Hall–Kier alpha value is -2.34. The number of fused-ring (bicyclic) bond motifs is 1. The molecule has 3 rings (SSSR count). The van der Waals surface area contributed by atoms with Crippen molar-refractivity contribution < 1.29 is 19.2 Å². The lowest BCUT2D eigenvalue weighted by Crippen LogP contribution is -2.51. The highest BCUT2D eigenvalue weighted by Crippen LogP contribution is 2.31. The van der Waals surface area contributed by atoms with E-state index in [0.717, 1.165) is 25.7 Å². The van der Waals surface area contributed by atoms with Crippen molar-refractivity contribution in [3.05, 3.63) is 34.4 Å². The van der Waals surface area contributed by atoms with Crippen LogP contribution in [0.4, 0.5) is 0 Å². The molecule has 1 saturated heterocycles. The molecule has 0 spiro atoms. The van der Waals surface area contributed by atoms with Crippen LogP contribution in [-0.4, -0.2) is 35.0 Å². The number of benzene rings is 1. The molecule has 0 aliphatic carbocycles. The fraction of sp³-hybridized carbons (Fsp3) is 0.545. The van der Waals surface area contributed by atoms with E-state index in [-0.39, 0.29) is 39.4 Å². The minimum Gasteiger partial charge on any atom is -0.309 e. The summed E-state index contributed by atoms with van der Waals surface area (Å²) >= 11 is 0. The summed E-state index contributed by atoms with van der Waals surface area (Å²) in [6.07, 6.45) is 4.20. The lowest BCUT2D eigenvalue weighted by atomic mass is 9.79. The SMILES string of the molecule is CC(=O)c1cc2c(cc1C(=O)CCCC1CC(C)NC(C)(C)C1)C(=O)NC2=O. The Labute approximate surface area is 165 Å². The van der Waals surface area contributed by atoms with Gasteiger partial charge in [-0.3, -0.25) is 24.5 Å². The largest absolute Gasteiger partial charge is 0.309 e. The van der Waals surface area contributed by atoms with Crippen LogP contribution in [0, 0.1) is 5.92 Å². The maximum absolute atomic E-state index is 12.8.